The van der Waals surface area contributed by atoms with Gasteiger partial charge in [-0.2, -0.15) is 0 Å². The third kappa shape index (κ3) is 4.47. The number of aromatic nitrogens is 4. The summed E-state index contributed by atoms with van der Waals surface area (Å²) < 4.78 is 23.0. The molecule has 1 atom stereocenters. The minimum absolute atomic E-state index is 0.217. The second-order valence-electron chi connectivity index (χ2n) is 9.85. The highest BCUT2D eigenvalue weighted by atomic mass is 35.5. The number of hydrogen-bond donors (Lipinski definition) is 0. The highest BCUT2D eigenvalue weighted by Crippen LogP contribution is 2.36. The molecule has 4 aromatic rings. The molecule has 4 heterocycles. The zero-order chi connectivity index (χ0) is 25.8. The lowest BCUT2D eigenvalue weighted by Crippen LogP contribution is -2.50. The van der Waals surface area contributed by atoms with Crippen molar-refractivity contribution in [3.63, 3.8) is 0 Å². The predicted molar refractivity (Wildman–Crippen MR) is 139 cm³/mol. The highest BCUT2D eigenvalue weighted by molar-refractivity contribution is 6.30. The summed E-state index contributed by atoms with van der Waals surface area (Å²) in [4.78, 5) is 29.2. The van der Waals surface area contributed by atoms with Crippen LogP contribution < -0.4 is 10.5 Å². The molecule has 36 heavy (non-hydrogen) atoms. The summed E-state index contributed by atoms with van der Waals surface area (Å²) in [6.45, 7) is 8.76. The average molecular weight is 508 g/mol. The number of nitrogens with zero attached hydrogens (tertiary/aromatic N) is 5. The Bertz CT molecular complexity index is 1550. The number of morpholine rings is 1. The van der Waals surface area contributed by atoms with Crippen molar-refractivity contribution < 1.29 is 9.13 Å². The maximum atomic E-state index is 15.1. The fraction of sp³-hybridized carbons (Fsp3) is 0.333. The summed E-state index contributed by atoms with van der Waals surface area (Å²) in [5, 5.41) is 0.653. The summed E-state index contributed by atoms with van der Waals surface area (Å²) in [5.74, 6) is 0.543. The van der Waals surface area contributed by atoms with Crippen molar-refractivity contribution in [3.8, 4) is 11.3 Å². The van der Waals surface area contributed by atoms with Gasteiger partial charge in [-0.05, 0) is 69.7 Å². The number of rotatable bonds is 3. The summed E-state index contributed by atoms with van der Waals surface area (Å²) in [7, 11) is 1.67. The molecule has 7 nitrogen and oxygen atoms in total. The molecule has 0 aliphatic carbocycles. The maximum absolute atomic E-state index is 15.1. The van der Waals surface area contributed by atoms with E-state index in [1.165, 1.54) is 10.6 Å². The molecule has 0 amide bonds. The van der Waals surface area contributed by atoms with Gasteiger partial charge >= 0.3 is 0 Å². The fourth-order valence-corrected chi connectivity index (χ4v) is 4.86. The Labute approximate surface area is 213 Å². The first-order chi connectivity index (χ1) is 17.0. The monoisotopic (exact) mass is 507 g/mol. The average Bonchev–Trinajstić information content (AvgIpc) is 2.81. The molecule has 0 spiro atoms. The molecule has 1 fully saturated rings. The lowest BCUT2D eigenvalue weighted by Gasteiger charge is -2.43. The Hall–Kier alpha value is -3.36. The number of hydrogen-bond acceptors (Lipinski definition) is 6. The summed E-state index contributed by atoms with van der Waals surface area (Å²) in [6, 6.07) is 10.1. The third-order valence-electron chi connectivity index (χ3n) is 6.50. The molecule has 1 saturated heterocycles. The number of fused-ring (bicyclic) bond motifs is 1. The van der Waals surface area contributed by atoms with Crippen LogP contribution in [0.2, 0.25) is 5.02 Å². The first-order valence-electron chi connectivity index (χ1n) is 11.7. The van der Waals surface area contributed by atoms with E-state index >= 15 is 4.39 Å². The molecule has 186 valence electrons. The molecule has 0 saturated carbocycles. The van der Waals surface area contributed by atoms with Gasteiger partial charge in [-0.3, -0.25) is 14.3 Å². The molecule has 1 aliphatic heterocycles. The topological polar surface area (TPSA) is 73.1 Å². The molecular formula is C27H27ClFN5O2. The van der Waals surface area contributed by atoms with Crippen molar-refractivity contribution in [2.75, 3.05) is 18.0 Å². The van der Waals surface area contributed by atoms with E-state index in [1.54, 1.807) is 38.4 Å². The molecule has 9 heteroatoms. The Morgan fingerprint density at radius 3 is 2.64 bits per heavy atom. The van der Waals surface area contributed by atoms with Crippen LogP contribution in [0.4, 0.5) is 10.2 Å². The van der Waals surface area contributed by atoms with Crippen molar-refractivity contribution in [1.82, 2.24) is 19.5 Å². The van der Waals surface area contributed by atoms with E-state index in [0.29, 0.717) is 41.3 Å². The van der Waals surface area contributed by atoms with Crippen LogP contribution in [-0.4, -0.2) is 38.2 Å². The van der Waals surface area contributed by atoms with E-state index < -0.39 is 11.4 Å². The van der Waals surface area contributed by atoms with E-state index in [0.717, 1.165) is 11.3 Å². The summed E-state index contributed by atoms with van der Waals surface area (Å²) in [6.07, 6.45) is 1.54. The Balaban J connectivity index is 1.70. The molecule has 0 radical (unpaired) electrons. The quantitative estimate of drug-likeness (QED) is 0.381. The van der Waals surface area contributed by atoms with E-state index in [9.17, 15) is 4.79 Å². The number of aryl methyl sites for hydroxylation is 2. The van der Waals surface area contributed by atoms with Crippen LogP contribution in [0.1, 0.15) is 37.0 Å². The number of ether oxygens (including phenoxy) is 1. The van der Waals surface area contributed by atoms with Gasteiger partial charge in [-0.25, -0.2) is 14.4 Å². The molecule has 3 aromatic heterocycles. The fourth-order valence-electron chi connectivity index (χ4n) is 4.70. The third-order valence-corrected chi connectivity index (χ3v) is 6.73. The van der Waals surface area contributed by atoms with Gasteiger partial charge in [0.25, 0.3) is 5.56 Å². The lowest BCUT2D eigenvalue weighted by atomic mass is 10.0. The van der Waals surface area contributed by atoms with Crippen LogP contribution in [0.15, 0.2) is 47.4 Å². The van der Waals surface area contributed by atoms with E-state index in [-0.39, 0.29) is 22.2 Å². The van der Waals surface area contributed by atoms with Crippen molar-refractivity contribution in [3.05, 3.63) is 80.9 Å². The van der Waals surface area contributed by atoms with Gasteiger partial charge in [-0.1, -0.05) is 11.6 Å². The number of pyridine rings is 2. The number of benzene rings is 1. The molecule has 0 N–H and O–H groups in total. The molecule has 1 aliphatic rings. The van der Waals surface area contributed by atoms with E-state index in [2.05, 4.69) is 14.9 Å². The molecular weight excluding hydrogens is 481 g/mol. The van der Waals surface area contributed by atoms with Gasteiger partial charge in [0.2, 0.25) is 0 Å². The first-order valence-corrected chi connectivity index (χ1v) is 12.1. The zero-order valence-corrected chi connectivity index (χ0v) is 21.6. The SMILES string of the molecule is Cc1cc(C2CN(c3cc4c(=O)n(C)c(C)nc4c(-c4ccc(Cl)cc4F)n3)CC(C)(C)O2)ccn1. The predicted octanol–water partition coefficient (Wildman–Crippen LogP) is 5.16. The van der Waals surface area contributed by atoms with Crippen molar-refractivity contribution in [2.45, 2.75) is 39.4 Å². The number of anilines is 1. The zero-order valence-electron chi connectivity index (χ0n) is 20.8. The van der Waals surface area contributed by atoms with Gasteiger partial charge in [0.1, 0.15) is 34.8 Å². The van der Waals surface area contributed by atoms with Crippen LogP contribution >= 0.6 is 11.6 Å². The Morgan fingerprint density at radius 2 is 1.92 bits per heavy atom. The Morgan fingerprint density at radius 1 is 1.14 bits per heavy atom. The minimum atomic E-state index is -0.527. The largest absolute Gasteiger partial charge is 0.364 e. The summed E-state index contributed by atoms with van der Waals surface area (Å²) >= 11 is 6.01. The van der Waals surface area contributed by atoms with E-state index in [4.69, 9.17) is 21.3 Å². The summed E-state index contributed by atoms with van der Waals surface area (Å²) in [5.41, 5.74) is 2.09. The van der Waals surface area contributed by atoms with Gasteiger partial charge < -0.3 is 9.64 Å². The van der Waals surface area contributed by atoms with Crippen LogP contribution in [-0.2, 0) is 11.8 Å². The van der Waals surface area contributed by atoms with Gasteiger partial charge in [0.05, 0.1) is 11.0 Å². The van der Waals surface area contributed by atoms with Gasteiger partial charge in [0, 0.05) is 42.6 Å². The first kappa shape index (κ1) is 24.3. The second kappa shape index (κ2) is 8.94. The van der Waals surface area contributed by atoms with Crippen LogP contribution in [0.5, 0.6) is 0 Å². The normalized spacial score (nSPS) is 17.5. The van der Waals surface area contributed by atoms with Gasteiger partial charge in [0.15, 0.2) is 0 Å². The van der Waals surface area contributed by atoms with Crippen molar-refractivity contribution in [2.24, 2.45) is 7.05 Å². The molecule has 1 unspecified atom stereocenters. The molecule has 0 bridgehead atoms. The highest BCUT2D eigenvalue weighted by Gasteiger charge is 2.35. The van der Waals surface area contributed by atoms with Crippen LogP contribution in [0, 0.1) is 19.7 Å². The molecule has 1 aromatic carbocycles. The van der Waals surface area contributed by atoms with Crippen molar-refractivity contribution >= 4 is 28.3 Å². The second-order valence-corrected chi connectivity index (χ2v) is 10.3. The van der Waals surface area contributed by atoms with Crippen LogP contribution in [0.3, 0.4) is 0 Å². The number of halogens is 2. The minimum Gasteiger partial charge on any atom is -0.364 e. The molecule has 5 rings (SSSR count). The smallest absolute Gasteiger partial charge is 0.261 e. The van der Waals surface area contributed by atoms with Gasteiger partial charge in [-0.15, -0.1) is 0 Å². The van der Waals surface area contributed by atoms with Crippen molar-refractivity contribution in [1.29, 1.82) is 0 Å². The maximum Gasteiger partial charge on any atom is 0.261 e. The standard InChI is InChI=1S/C27H27ClFN5O2/c1-15-10-17(8-9-30-15)22-13-34(14-27(3,4)36-22)23-12-20-25(31-16(2)33(5)26(20)35)24(32-23)19-7-6-18(28)11-21(19)29/h6-12,22H,13-14H2,1-5H3. The van der Waals surface area contributed by atoms with E-state index in [1.807, 2.05) is 32.9 Å². The lowest BCUT2D eigenvalue weighted by molar-refractivity contribution is -0.0857. The Kier molecular flexibility index (Phi) is 6.04. The van der Waals surface area contributed by atoms with Crippen LogP contribution in [0.25, 0.3) is 22.2 Å².